The smallest absolute Gasteiger partial charge is 0.0961 e. The Labute approximate surface area is 60.8 Å². The summed E-state index contributed by atoms with van der Waals surface area (Å²) < 4.78 is 10.6. The molecule has 0 spiro atoms. The fourth-order valence-corrected chi connectivity index (χ4v) is 1.55. The topological polar surface area (TPSA) is 18.5 Å². The second-order valence-corrected chi connectivity index (χ2v) is 2.88. The van der Waals surface area contributed by atoms with Gasteiger partial charge in [-0.25, -0.2) is 0 Å². The summed E-state index contributed by atoms with van der Waals surface area (Å²) in [6.45, 7) is 1.76. The third-order valence-electron chi connectivity index (χ3n) is 2.15. The molecule has 0 bridgehead atoms. The summed E-state index contributed by atoms with van der Waals surface area (Å²) in [6, 6.07) is 0. The second kappa shape index (κ2) is 2.62. The number of ether oxygens (including phenoxy) is 2. The van der Waals surface area contributed by atoms with Gasteiger partial charge in [-0.05, 0) is 18.9 Å². The van der Waals surface area contributed by atoms with Crippen molar-refractivity contribution in [2.75, 3.05) is 13.2 Å². The molecule has 0 radical (unpaired) electrons. The first-order valence-electron chi connectivity index (χ1n) is 3.87. The number of hydrogen-bond donors (Lipinski definition) is 0. The van der Waals surface area contributed by atoms with Gasteiger partial charge in [0.15, 0.2) is 0 Å². The highest BCUT2D eigenvalue weighted by molar-refractivity contribution is 4.94. The van der Waals surface area contributed by atoms with Crippen LogP contribution in [0.1, 0.15) is 12.8 Å². The predicted octanol–water partition coefficient (Wildman–Crippen LogP) is 1.33. The van der Waals surface area contributed by atoms with Crippen LogP contribution >= 0.6 is 0 Å². The van der Waals surface area contributed by atoms with Gasteiger partial charge < -0.3 is 9.47 Å². The van der Waals surface area contributed by atoms with Crippen LogP contribution in [0.5, 0.6) is 0 Å². The molecule has 0 N–H and O–H groups in total. The monoisotopic (exact) mass is 140 g/mol. The first kappa shape index (κ1) is 6.23. The standard InChI is InChI=1S/C8H12O2/c1-2-8(10-4-1)7-3-5-9-6-7/h3,5,7-8H,1-2,4,6H2. The third kappa shape index (κ3) is 1.03. The molecule has 1 saturated heterocycles. The molecule has 0 aromatic heterocycles. The lowest BCUT2D eigenvalue weighted by atomic mass is 10.0. The summed E-state index contributed by atoms with van der Waals surface area (Å²) >= 11 is 0. The molecule has 0 aliphatic carbocycles. The lowest BCUT2D eigenvalue weighted by Gasteiger charge is -2.13. The molecule has 0 aromatic carbocycles. The van der Waals surface area contributed by atoms with E-state index < -0.39 is 0 Å². The van der Waals surface area contributed by atoms with Crippen molar-refractivity contribution < 1.29 is 9.47 Å². The molecule has 2 heteroatoms. The molecule has 2 aliphatic rings. The van der Waals surface area contributed by atoms with Crippen LogP contribution in [0.4, 0.5) is 0 Å². The van der Waals surface area contributed by atoms with Crippen LogP contribution in [0.25, 0.3) is 0 Å². The van der Waals surface area contributed by atoms with Crippen molar-refractivity contribution in [2.24, 2.45) is 5.92 Å². The van der Waals surface area contributed by atoms with E-state index in [1.54, 1.807) is 6.26 Å². The first-order chi connectivity index (χ1) is 4.97. The van der Waals surface area contributed by atoms with E-state index in [2.05, 4.69) is 6.08 Å². The molecule has 1 fully saturated rings. The molecule has 2 atom stereocenters. The molecule has 56 valence electrons. The zero-order valence-corrected chi connectivity index (χ0v) is 5.95. The molecular formula is C8H12O2. The summed E-state index contributed by atoms with van der Waals surface area (Å²) in [7, 11) is 0. The molecule has 0 saturated carbocycles. The number of rotatable bonds is 1. The van der Waals surface area contributed by atoms with Crippen molar-refractivity contribution in [1.29, 1.82) is 0 Å². The van der Waals surface area contributed by atoms with Gasteiger partial charge in [0.25, 0.3) is 0 Å². The van der Waals surface area contributed by atoms with E-state index in [4.69, 9.17) is 9.47 Å². The van der Waals surface area contributed by atoms with Crippen molar-refractivity contribution in [3.8, 4) is 0 Å². The summed E-state index contributed by atoms with van der Waals surface area (Å²) in [4.78, 5) is 0. The van der Waals surface area contributed by atoms with Gasteiger partial charge in [0.2, 0.25) is 0 Å². The average molecular weight is 140 g/mol. The van der Waals surface area contributed by atoms with Crippen molar-refractivity contribution in [3.05, 3.63) is 12.3 Å². The Balaban J connectivity index is 1.91. The van der Waals surface area contributed by atoms with E-state index in [0.29, 0.717) is 12.0 Å². The van der Waals surface area contributed by atoms with Gasteiger partial charge in [0, 0.05) is 12.5 Å². The molecule has 2 nitrogen and oxygen atoms in total. The van der Waals surface area contributed by atoms with E-state index >= 15 is 0 Å². The Morgan fingerprint density at radius 2 is 2.40 bits per heavy atom. The van der Waals surface area contributed by atoms with Crippen LogP contribution in [0.2, 0.25) is 0 Å². The van der Waals surface area contributed by atoms with Crippen LogP contribution in [-0.4, -0.2) is 19.3 Å². The maximum atomic E-state index is 5.51. The van der Waals surface area contributed by atoms with Gasteiger partial charge in [0.05, 0.1) is 19.0 Å². The molecule has 2 aliphatic heterocycles. The Kier molecular flexibility index (Phi) is 1.63. The Bertz CT molecular complexity index is 136. The third-order valence-corrected chi connectivity index (χ3v) is 2.15. The van der Waals surface area contributed by atoms with Gasteiger partial charge in [-0.15, -0.1) is 0 Å². The van der Waals surface area contributed by atoms with Crippen LogP contribution in [0.3, 0.4) is 0 Å². The Hall–Kier alpha value is -0.500. The predicted molar refractivity (Wildman–Crippen MR) is 37.6 cm³/mol. The lowest BCUT2D eigenvalue weighted by Crippen LogP contribution is -2.18. The summed E-state index contributed by atoms with van der Waals surface area (Å²) in [5.41, 5.74) is 0. The van der Waals surface area contributed by atoms with Crippen molar-refractivity contribution in [2.45, 2.75) is 18.9 Å². The minimum Gasteiger partial charge on any atom is -0.501 e. The van der Waals surface area contributed by atoms with Gasteiger partial charge in [0.1, 0.15) is 0 Å². The zero-order valence-electron chi connectivity index (χ0n) is 5.95. The van der Waals surface area contributed by atoms with Crippen LogP contribution in [0.15, 0.2) is 12.3 Å². The fraction of sp³-hybridized carbons (Fsp3) is 0.750. The SMILES string of the molecule is C1=CC(C2CCCO2)CO1. The summed E-state index contributed by atoms with van der Waals surface area (Å²) in [6.07, 6.45) is 6.76. The normalized spacial score (nSPS) is 38.4. The maximum Gasteiger partial charge on any atom is 0.0961 e. The van der Waals surface area contributed by atoms with Crippen molar-refractivity contribution in [1.82, 2.24) is 0 Å². The summed E-state index contributed by atoms with van der Waals surface area (Å²) in [5.74, 6) is 0.530. The highest BCUT2D eigenvalue weighted by atomic mass is 16.5. The largest absolute Gasteiger partial charge is 0.501 e. The molecule has 2 heterocycles. The van der Waals surface area contributed by atoms with Gasteiger partial charge in [-0.3, -0.25) is 0 Å². The van der Waals surface area contributed by atoms with E-state index in [-0.39, 0.29) is 0 Å². The average Bonchev–Trinajstić information content (AvgIpc) is 2.59. The van der Waals surface area contributed by atoms with E-state index in [1.807, 2.05) is 0 Å². The molecular weight excluding hydrogens is 128 g/mol. The summed E-state index contributed by atoms with van der Waals surface area (Å²) in [5, 5.41) is 0. The van der Waals surface area contributed by atoms with Crippen molar-refractivity contribution in [3.63, 3.8) is 0 Å². The lowest BCUT2D eigenvalue weighted by molar-refractivity contribution is 0.0635. The molecule has 10 heavy (non-hydrogen) atoms. The van der Waals surface area contributed by atoms with Gasteiger partial charge in [-0.2, -0.15) is 0 Å². The first-order valence-corrected chi connectivity index (χ1v) is 3.87. The Morgan fingerprint density at radius 3 is 3.00 bits per heavy atom. The van der Waals surface area contributed by atoms with E-state index in [0.717, 1.165) is 13.2 Å². The fourth-order valence-electron chi connectivity index (χ4n) is 1.55. The van der Waals surface area contributed by atoms with Gasteiger partial charge >= 0.3 is 0 Å². The van der Waals surface area contributed by atoms with Gasteiger partial charge in [-0.1, -0.05) is 0 Å². The van der Waals surface area contributed by atoms with E-state index in [1.165, 1.54) is 12.8 Å². The minimum absolute atomic E-state index is 0.443. The second-order valence-electron chi connectivity index (χ2n) is 2.88. The molecule has 0 aromatic rings. The highest BCUT2D eigenvalue weighted by Crippen LogP contribution is 2.24. The van der Waals surface area contributed by atoms with Crippen molar-refractivity contribution >= 4 is 0 Å². The van der Waals surface area contributed by atoms with Crippen LogP contribution in [-0.2, 0) is 9.47 Å². The molecule has 2 rings (SSSR count). The van der Waals surface area contributed by atoms with Crippen LogP contribution < -0.4 is 0 Å². The maximum absolute atomic E-state index is 5.51. The zero-order chi connectivity index (χ0) is 6.81. The quantitative estimate of drug-likeness (QED) is 0.547. The van der Waals surface area contributed by atoms with E-state index in [9.17, 15) is 0 Å². The molecule has 2 unspecified atom stereocenters. The number of hydrogen-bond acceptors (Lipinski definition) is 2. The molecule has 0 amide bonds. The van der Waals surface area contributed by atoms with Crippen LogP contribution in [0, 0.1) is 5.92 Å². The Morgan fingerprint density at radius 1 is 1.40 bits per heavy atom. The minimum atomic E-state index is 0.443. The highest BCUT2D eigenvalue weighted by Gasteiger charge is 2.26.